The van der Waals surface area contributed by atoms with E-state index >= 15 is 0 Å². The summed E-state index contributed by atoms with van der Waals surface area (Å²) in [5.41, 5.74) is 1.56. The molecule has 126 valence electrons. The molecule has 0 saturated heterocycles. The van der Waals surface area contributed by atoms with Gasteiger partial charge >= 0.3 is 0 Å². The summed E-state index contributed by atoms with van der Waals surface area (Å²) < 4.78 is 18.9. The van der Waals surface area contributed by atoms with Gasteiger partial charge in [-0.3, -0.25) is 9.59 Å². The standard InChI is InChI=1S/C18H19FN2O3/c1-3-13-4-7-15(8-5-13)24-11-18(23)21-14-6-9-16(19)17(10-14)20-12(2)22/h4-10H,3,11H2,1-2H3,(H,20,22)(H,21,23). The molecule has 0 aliphatic rings. The van der Waals surface area contributed by atoms with Crippen molar-refractivity contribution in [2.75, 3.05) is 17.2 Å². The van der Waals surface area contributed by atoms with E-state index in [4.69, 9.17) is 4.74 Å². The number of halogens is 1. The topological polar surface area (TPSA) is 67.4 Å². The lowest BCUT2D eigenvalue weighted by molar-refractivity contribution is -0.118. The minimum absolute atomic E-state index is 0.0105. The molecule has 0 fully saturated rings. The Kier molecular flexibility index (Phi) is 5.89. The summed E-state index contributed by atoms with van der Waals surface area (Å²) >= 11 is 0. The molecule has 2 rings (SSSR count). The summed E-state index contributed by atoms with van der Waals surface area (Å²) in [6.45, 7) is 3.17. The minimum Gasteiger partial charge on any atom is -0.484 e. The molecule has 0 atom stereocenters. The number of ether oxygens (including phenoxy) is 1. The highest BCUT2D eigenvalue weighted by Crippen LogP contribution is 2.19. The van der Waals surface area contributed by atoms with Crippen molar-refractivity contribution in [1.82, 2.24) is 0 Å². The first-order valence-corrected chi connectivity index (χ1v) is 7.56. The molecule has 0 aliphatic carbocycles. The number of hydrogen-bond donors (Lipinski definition) is 2. The van der Waals surface area contributed by atoms with Crippen LogP contribution in [-0.2, 0) is 16.0 Å². The first kappa shape index (κ1) is 17.5. The predicted octanol–water partition coefficient (Wildman–Crippen LogP) is 3.36. The van der Waals surface area contributed by atoms with Crippen LogP contribution in [0, 0.1) is 5.82 Å². The number of carbonyl (C=O) groups excluding carboxylic acids is 2. The minimum atomic E-state index is -0.574. The van der Waals surface area contributed by atoms with Gasteiger partial charge in [0.2, 0.25) is 5.91 Å². The maximum absolute atomic E-state index is 13.5. The zero-order chi connectivity index (χ0) is 17.5. The molecule has 0 spiro atoms. The van der Waals surface area contributed by atoms with Crippen LogP contribution in [0.1, 0.15) is 19.4 Å². The van der Waals surface area contributed by atoms with Crippen LogP contribution in [0.4, 0.5) is 15.8 Å². The smallest absolute Gasteiger partial charge is 0.262 e. The van der Waals surface area contributed by atoms with Crippen molar-refractivity contribution in [2.24, 2.45) is 0 Å². The van der Waals surface area contributed by atoms with Crippen molar-refractivity contribution < 1.29 is 18.7 Å². The number of carbonyl (C=O) groups is 2. The summed E-state index contributed by atoms with van der Waals surface area (Å²) in [5, 5.41) is 4.95. The van der Waals surface area contributed by atoms with Gasteiger partial charge in [-0.2, -0.15) is 0 Å². The molecular weight excluding hydrogens is 311 g/mol. The molecule has 2 aromatic carbocycles. The Morgan fingerprint density at radius 2 is 1.79 bits per heavy atom. The second kappa shape index (κ2) is 8.10. The van der Waals surface area contributed by atoms with Gasteiger partial charge in [0.25, 0.3) is 5.91 Å². The van der Waals surface area contributed by atoms with Crippen molar-refractivity contribution in [3.63, 3.8) is 0 Å². The van der Waals surface area contributed by atoms with E-state index < -0.39 is 11.7 Å². The Morgan fingerprint density at radius 1 is 1.08 bits per heavy atom. The van der Waals surface area contributed by atoms with Crippen LogP contribution in [0.3, 0.4) is 0 Å². The number of hydrogen-bond acceptors (Lipinski definition) is 3. The van der Waals surface area contributed by atoms with Crippen molar-refractivity contribution >= 4 is 23.2 Å². The van der Waals surface area contributed by atoms with Crippen LogP contribution < -0.4 is 15.4 Å². The Bertz CT molecular complexity index is 730. The normalized spacial score (nSPS) is 10.1. The highest BCUT2D eigenvalue weighted by Gasteiger charge is 2.08. The highest BCUT2D eigenvalue weighted by atomic mass is 19.1. The fraction of sp³-hybridized carbons (Fsp3) is 0.222. The average molecular weight is 330 g/mol. The lowest BCUT2D eigenvalue weighted by atomic mass is 10.2. The summed E-state index contributed by atoms with van der Waals surface area (Å²) in [7, 11) is 0. The fourth-order valence-electron chi connectivity index (χ4n) is 2.06. The SMILES string of the molecule is CCc1ccc(OCC(=O)Nc2ccc(F)c(NC(C)=O)c2)cc1. The van der Waals surface area contributed by atoms with Crippen molar-refractivity contribution in [1.29, 1.82) is 0 Å². The molecule has 0 radical (unpaired) electrons. The van der Waals surface area contributed by atoms with Crippen molar-refractivity contribution in [3.8, 4) is 5.75 Å². The van der Waals surface area contributed by atoms with Crippen LogP contribution >= 0.6 is 0 Å². The molecule has 2 amide bonds. The molecule has 0 heterocycles. The van der Waals surface area contributed by atoms with Gasteiger partial charge in [-0.1, -0.05) is 19.1 Å². The van der Waals surface area contributed by atoms with Gasteiger partial charge in [0.1, 0.15) is 11.6 Å². The second-order valence-electron chi connectivity index (χ2n) is 5.21. The lowest BCUT2D eigenvalue weighted by Crippen LogP contribution is -2.20. The maximum Gasteiger partial charge on any atom is 0.262 e. The quantitative estimate of drug-likeness (QED) is 0.853. The lowest BCUT2D eigenvalue weighted by Gasteiger charge is -2.10. The number of anilines is 2. The molecule has 0 aromatic heterocycles. The molecule has 24 heavy (non-hydrogen) atoms. The van der Waals surface area contributed by atoms with E-state index in [0.29, 0.717) is 11.4 Å². The molecule has 0 saturated carbocycles. The first-order chi connectivity index (χ1) is 11.5. The number of benzene rings is 2. The maximum atomic E-state index is 13.5. The number of nitrogens with one attached hydrogen (secondary N) is 2. The molecule has 6 heteroatoms. The van der Waals surface area contributed by atoms with Gasteiger partial charge < -0.3 is 15.4 Å². The zero-order valence-corrected chi connectivity index (χ0v) is 13.6. The van der Waals surface area contributed by atoms with E-state index in [-0.39, 0.29) is 18.2 Å². The van der Waals surface area contributed by atoms with E-state index in [0.717, 1.165) is 6.42 Å². The Hall–Kier alpha value is -2.89. The molecular formula is C18H19FN2O3. The van der Waals surface area contributed by atoms with E-state index in [1.165, 1.54) is 30.7 Å². The van der Waals surface area contributed by atoms with Gasteiger partial charge in [-0.25, -0.2) is 4.39 Å². The summed E-state index contributed by atoms with van der Waals surface area (Å²) in [6.07, 6.45) is 0.933. The van der Waals surface area contributed by atoms with Crippen LogP contribution in [0.25, 0.3) is 0 Å². The second-order valence-corrected chi connectivity index (χ2v) is 5.21. The molecule has 0 bridgehead atoms. The summed E-state index contributed by atoms with van der Waals surface area (Å²) in [5.74, 6) is -0.748. The Balaban J connectivity index is 1.92. The third-order valence-corrected chi connectivity index (χ3v) is 3.26. The van der Waals surface area contributed by atoms with Gasteiger partial charge in [0.05, 0.1) is 5.69 Å². The molecule has 2 aromatic rings. The molecule has 5 nitrogen and oxygen atoms in total. The fourth-order valence-corrected chi connectivity index (χ4v) is 2.06. The van der Waals surface area contributed by atoms with Gasteiger partial charge in [-0.05, 0) is 42.3 Å². The van der Waals surface area contributed by atoms with Crippen LogP contribution in [-0.4, -0.2) is 18.4 Å². The van der Waals surface area contributed by atoms with Gasteiger partial charge in [0.15, 0.2) is 6.61 Å². The van der Waals surface area contributed by atoms with Gasteiger partial charge in [-0.15, -0.1) is 0 Å². The van der Waals surface area contributed by atoms with E-state index in [1.807, 2.05) is 12.1 Å². The van der Waals surface area contributed by atoms with Crippen LogP contribution in [0.2, 0.25) is 0 Å². The largest absolute Gasteiger partial charge is 0.484 e. The zero-order valence-electron chi connectivity index (χ0n) is 13.6. The molecule has 0 unspecified atom stereocenters. The van der Waals surface area contributed by atoms with Crippen LogP contribution in [0.5, 0.6) is 5.75 Å². The monoisotopic (exact) mass is 330 g/mol. The van der Waals surface area contributed by atoms with E-state index in [9.17, 15) is 14.0 Å². The number of amides is 2. The molecule has 2 N–H and O–H groups in total. The summed E-state index contributed by atoms with van der Waals surface area (Å²) in [4.78, 5) is 22.9. The highest BCUT2D eigenvalue weighted by molar-refractivity contribution is 5.94. The number of aryl methyl sites for hydroxylation is 1. The van der Waals surface area contributed by atoms with Crippen LogP contribution in [0.15, 0.2) is 42.5 Å². The third kappa shape index (κ3) is 5.08. The van der Waals surface area contributed by atoms with Crippen molar-refractivity contribution in [2.45, 2.75) is 20.3 Å². The molecule has 0 aliphatic heterocycles. The Morgan fingerprint density at radius 3 is 2.42 bits per heavy atom. The van der Waals surface area contributed by atoms with Gasteiger partial charge in [0, 0.05) is 12.6 Å². The Labute approximate surface area is 139 Å². The third-order valence-electron chi connectivity index (χ3n) is 3.26. The first-order valence-electron chi connectivity index (χ1n) is 7.56. The summed E-state index contributed by atoms with van der Waals surface area (Å²) in [6, 6.07) is 11.4. The van der Waals surface area contributed by atoms with E-state index in [2.05, 4.69) is 17.6 Å². The van der Waals surface area contributed by atoms with Crippen molar-refractivity contribution in [3.05, 3.63) is 53.8 Å². The number of rotatable bonds is 6. The predicted molar refractivity (Wildman–Crippen MR) is 90.6 cm³/mol. The van der Waals surface area contributed by atoms with E-state index in [1.54, 1.807) is 12.1 Å². The average Bonchev–Trinajstić information content (AvgIpc) is 2.56.